The van der Waals surface area contributed by atoms with Gasteiger partial charge < -0.3 is 5.11 Å². The highest BCUT2D eigenvalue weighted by atomic mass is 19.4. The van der Waals surface area contributed by atoms with Crippen LogP contribution in [0.25, 0.3) is 10.9 Å². The lowest BCUT2D eigenvalue weighted by Crippen LogP contribution is -2.37. The molecule has 2 aromatic rings. The van der Waals surface area contributed by atoms with E-state index in [1.165, 1.54) is 12.1 Å². The SMILES string of the molecule is CC1C=CC(C)N1CC(O)c1cc(C(F)(F)F)nc2c(C(C)(F)F)cccc12. The van der Waals surface area contributed by atoms with Crippen molar-refractivity contribution in [3.63, 3.8) is 0 Å². The number of alkyl halides is 5. The van der Waals surface area contributed by atoms with E-state index < -0.39 is 35.0 Å². The van der Waals surface area contributed by atoms with E-state index in [2.05, 4.69) is 4.98 Å². The Morgan fingerprint density at radius 3 is 2.25 bits per heavy atom. The van der Waals surface area contributed by atoms with Gasteiger partial charge in [-0.15, -0.1) is 0 Å². The molecule has 0 amide bonds. The number of hydrogen-bond donors (Lipinski definition) is 1. The summed E-state index contributed by atoms with van der Waals surface area (Å²) >= 11 is 0. The molecule has 1 aliphatic rings. The number of pyridine rings is 1. The van der Waals surface area contributed by atoms with Crippen molar-refractivity contribution in [2.24, 2.45) is 0 Å². The van der Waals surface area contributed by atoms with Crippen LogP contribution in [-0.2, 0) is 12.1 Å². The summed E-state index contributed by atoms with van der Waals surface area (Å²) in [7, 11) is 0. The predicted molar refractivity (Wildman–Crippen MR) is 96.0 cm³/mol. The van der Waals surface area contributed by atoms with Gasteiger partial charge >= 0.3 is 6.18 Å². The molecule has 0 saturated heterocycles. The number of hydrogen-bond acceptors (Lipinski definition) is 3. The lowest BCUT2D eigenvalue weighted by molar-refractivity contribution is -0.141. The zero-order valence-corrected chi connectivity index (χ0v) is 15.6. The fourth-order valence-corrected chi connectivity index (χ4v) is 3.59. The Bertz CT molecular complexity index is 892. The third-order valence-corrected chi connectivity index (χ3v) is 5.09. The van der Waals surface area contributed by atoms with E-state index in [1.54, 1.807) is 0 Å². The zero-order chi connectivity index (χ0) is 20.9. The van der Waals surface area contributed by atoms with Crippen molar-refractivity contribution in [1.82, 2.24) is 9.88 Å². The Kier molecular flexibility index (Phi) is 5.22. The van der Waals surface area contributed by atoms with Gasteiger partial charge in [-0.1, -0.05) is 30.4 Å². The van der Waals surface area contributed by atoms with Gasteiger partial charge in [0.05, 0.1) is 11.6 Å². The molecule has 152 valence electrons. The minimum atomic E-state index is -4.82. The molecule has 2 heterocycles. The Labute approximate surface area is 159 Å². The summed E-state index contributed by atoms with van der Waals surface area (Å²) < 4.78 is 68.0. The molecule has 0 spiro atoms. The largest absolute Gasteiger partial charge is 0.433 e. The van der Waals surface area contributed by atoms with Crippen LogP contribution in [0, 0.1) is 0 Å². The first-order chi connectivity index (χ1) is 12.9. The normalized spacial score (nSPS) is 22.2. The third-order valence-electron chi connectivity index (χ3n) is 5.09. The summed E-state index contributed by atoms with van der Waals surface area (Å²) in [5.74, 6) is -3.37. The van der Waals surface area contributed by atoms with E-state index in [0.29, 0.717) is 6.92 Å². The summed E-state index contributed by atoms with van der Waals surface area (Å²) in [6, 6.07) is 4.57. The van der Waals surface area contributed by atoms with Crippen molar-refractivity contribution in [2.75, 3.05) is 6.54 Å². The van der Waals surface area contributed by atoms with Gasteiger partial charge in [-0.2, -0.15) is 13.2 Å². The van der Waals surface area contributed by atoms with Gasteiger partial charge in [-0.3, -0.25) is 4.90 Å². The van der Waals surface area contributed by atoms with Gasteiger partial charge in [0.1, 0.15) is 5.69 Å². The summed E-state index contributed by atoms with van der Waals surface area (Å²) in [5, 5.41) is 10.8. The lowest BCUT2D eigenvalue weighted by Gasteiger charge is -2.29. The minimum Gasteiger partial charge on any atom is -0.387 e. The van der Waals surface area contributed by atoms with Gasteiger partial charge in [0, 0.05) is 36.5 Å². The fraction of sp³-hybridized carbons (Fsp3) is 0.450. The van der Waals surface area contributed by atoms with Crippen molar-refractivity contribution < 1.29 is 27.1 Å². The second-order valence-corrected chi connectivity index (χ2v) is 7.26. The molecule has 28 heavy (non-hydrogen) atoms. The molecule has 0 aliphatic carbocycles. The van der Waals surface area contributed by atoms with E-state index in [-0.39, 0.29) is 29.6 Å². The van der Waals surface area contributed by atoms with Crippen LogP contribution in [0.1, 0.15) is 43.7 Å². The van der Waals surface area contributed by atoms with Gasteiger partial charge in [0.15, 0.2) is 0 Å². The highest BCUT2D eigenvalue weighted by molar-refractivity contribution is 5.86. The average Bonchev–Trinajstić information content (AvgIpc) is 2.90. The maximum atomic E-state index is 14.0. The molecule has 3 nitrogen and oxygen atoms in total. The molecule has 3 unspecified atom stereocenters. The molecular formula is C20H21F5N2O. The number of aliphatic hydroxyl groups is 1. The quantitative estimate of drug-likeness (QED) is 0.577. The third kappa shape index (κ3) is 3.89. The Hall–Kier alpha value is -2.06. The molecule has 1 aromatic carbocycles. The van der Waals surface area contributed by atoms with Crippen molar-refractivity contribution in [1.29, 1.82) is 0 Å². The second kappa shape index (κ2) is 7.08. The monoisotopic (exact) mass is 400 g/mol. The zero-order valence-electron chi connectivity index (χ0n) is 15.6. The standard InChI is InChI=1S/C20H21F5N2O/c1-11-7-8-12(2)27(11)10-16(28)14-9-17(20(23,24)25)26-18-13(14)5-4-6-15(18)19(3,21)22/h4-9,11-12,16,28H,10H2,1-3H3. The molecule has 3 atom stereocenters. The first-order valence-electron chi connectivity index (χ1n) is 8.91. The Balaban J connectivity index is 2.15. The van der Waals surface area contributed by atoms with E-state index in [4.69, 9.17) is 0 Å². The van der Waals surface area contributed by atoms with Crippen molar-refractivity contribution in [2.45, 2.75) is 51.1 Å². The predicted octanol–water partition coefficient (Wildman–Crippen LogP) is 5.05. The molecule has 0 saturated carbocycles. The van der Waals surface area contributed by atoms with Gasteiger partial charge in [-0.25, -0.2) is 13.8 Å². The second-order valence-electron chi connectivity index (χ2n) is 7.26. The van der Waals surface area contributed by atoms with Gasteiger partial charge in [0.25, 0.3) is 5.92 Å². The number of aliphatic hydroxyl groups excluding tert-OH is 1. The number of halogens is 5. The number of β-amino-alcohol motifs (C(OH)–C–C–N with tert-alkyl or cyclic N) is 1. The highest BCUT2D eigenvalue weighted by Gasteiger charge is 2.36. The number of rotatable bonds is 4. The Morgan fingerprint density at radius 2 is 1.71 bits per heavy atom. The molecule has 0 fully saturated rings. The summed E-state index contributed by atoms with van der Waals surface area (Å²) in [4.78, 5) is 5.39. The lowest BCUT2D eigenvalue weighted by atomic mass is 9.97. The van der Waals surface area contributed by atoms with E-state index in [0.717, 1.165) is 12.1 Å². The number of fused-ring (bicyclic) bond motifs is 1. The minimum absolute atomic E-state index is 0.00961. The van der Waals surface area contributed by atoms with E-state index in [9.17, 15) is 27.1 Å². The van der Waals surface area contributed by atoms with Crippen molar-refractivity contribution in [3.05, 3.63) is 53.2 Å². The van der Waals surface area contributed by atoms with Gasteiger partial charge in [-0.05, 0) is 25.5 Å². The molecule has 8 heteroatoms. The molecule has 0 bridgehead atoms. The maximum absolute atomic E-state index is 14.0. The topological polar surface area (TPSA) is 36.4 Å². The van der Waals surface area contributed by atoms with Crippen molar-refractivity contribution in [3.8, 4) is 0 Å². The Morgan fingerprint density at radius 1 is 1.11 bits per heavy atom. The number of nitrogens with zero attached hydrogens (tertiary/aromatic N) is 2. The maximum Gasteiger partial charge on any atom is 0.433 e. The van der Waals surface area contributed by atoms with Crippen LogP contribution in [0.4, 0.5) is 22.0 Å². The molecule has 0 radical (unpaired) electrons. The number of aromatic nitrogens is 1. The van der Waals surface area contributed by atoms with E-state index in [1.807, 2.05) is 30.9 Å². The summed E-state index contributed by atoms with van der Waals surface area (Å²) in [5.41, 5.74) is -2.41. The van der Waals surface area contributed by atoms with Crippen LogP contribution in [0.2, 0.25) is 0 Å². The highest BCUT2D eigenvalue weighted by Crippen LogP contribution is 2.38. The number of para-hydroxylation sites is 1. The first kappa shape index (κ1) is 20.7. The smallest absolute Gasteiger partial charge is 0.387 e. The first-order valence-corrected chi connectivity index (χ1v) is 8.91. The number of benzene rings is 1. The van der Waals surface area contributed by atoms with Crippen molar-refractivity contribution >= 4 is 10.9 Å². The molecule has 3 rings (SSSR count). The van der Waals surface area contributed by atoms with Crippen LogP contribution in [0.3, 0.4) is 0 Å². The molecule has 1 aromatic heterocycles. The van der Waals surface area contributed by atoms with Crippen LogP contribution in [0.5, 0.6) is 0 Å². The summed E-state index contributed by atoms with van der Waals surface area (Å²) in [6.45, 7) is 4.50. The summed E-state index contributed by atoms with van der Waals surface area (Å²) in [6.07, 6.45) is -2.23. The van der Waals surface area contributed by atoms with Crippen LogP contribution >= 0.6 is 0 Å². The molecule has 1 N–H and O–H groups in total. The van der Waals surface area contributed by atoms with Crippen LogP contribution in [-0.4, -0.2) is 33.6 Å². The molecule has 1 aliphatic heterocycles. The average molecular weight is 400 g/mol. The molecular weight excluding hydrogens is 379 g/mol. The van der Waals surface area contributed by atoms with Crippen LogP contribution < -0.4 is 0 Å². The van der Waals surface area contributed by atoms with Crippen LogP contribution in [0.15, 0.2) is 36.4 Å². The van der Waals surface area contributed by atoms with Gasteiger partial charge in [0.2, 0.25) is 0 Å². The van der Waals surface area contributed by atoms with E-state index >= 15 is 0 Å². The fourth-order valence-electron chi connectivity index (χ4n) is 3.59.